The molecule has 9 heteroatoms. The van der Waals surface area contributed by atoms with Gasteiger partial charge in [-0.05, 0) is 58.7 Å². The standard InChI is InChI=1S/C21H22N6OS2/c1-2-3-11-26-17(23-24-25-26)13-30-21-22-19-18(16(12-29-19)14-9-10-14)20(28)27(21)15-7-5-4-6-8-15/h4-8,12,14H,2-3,9-11,13H2,1H3. The van der Waals surface area contributed by atoms with Gasteiger partial charge in [-0.25, -0.2) is 9.67 Å². The average Bonchev–Trinajstić information content (AvgIpc) is 3.36. The van der Waals surface area contributed by atoms with Crippen molar-refractivity contribution >= 4 is 33.3 Å². The van der Waals surface area contributed by atoms with Gasteiger partial charge >= 0.3 is 0 Å². The van der Waals surface area contributed by atoms with Crippen LogP contribution < -0.4 is 5.56 Å². The Morgan fingerprint density at radius 1 is 1.23 bits per heavy atom. The number of unbranched alkanes of at least 4 members (excludes halogenated alkanes) is 1. The second-order valence-corrected chi connectivity index (χ2v) is 9.28. The summed E-state index contributed by atoms with van der Waals surface area (Å²) < 4.78 is 3.59. The molecule has 0 aliphatic heterocycles. The maximum Gasteiger partial charge on any atom is 0.267 e. The van der Waals surface area contributed by atoms with Crippen LogP contribution in [0.2, 0.25) is 0 Å². The number of para-hydroxylation sites is 1. The van der Waals surface area contributed by atoms with Crippen LogP contribution in [0.4, 0.5) is 0 Å². The van der Waals surface area contributed by atoms with Crippen molar-refractivity contribution in [2.24, 2.45) is 0 Å². The number of thioether (sulfide) groups is 1. The molecule has 4 aromatic rings. The summed E-state index contributed by atoms with van der Waals surface area (Å²) in [7, 11) is 0. The van der Waals surface area contributed by atoms with Crippen molar-refractivity contribution in [1.29, 1.82) is 0 Å². The number of hydrogen-bond donors (Lipinski definition) is 0. The van der Waals surface area contributed by atoms with Gasteiger partial charge in [0, 0.05) is 6.54 Å². The molecule has 3 aromatic heterocycles. The predicted octanol–water partition coefficient (Wildman–Crippen LogP) is 4.40. The molecule has 0 radical (unpaired) electrons. The molecule has 0 spiro atoms. The van der Waals surface area contributed by atoms with Crippen LogP contribution >= 0.6 is 23.1 Å². The Hall–Kier alpha value is -2.52. The fourth-order valence-electron chi connectivity index (χ4n) is 3.53. The van der Waals surface area contributed by atoms with Gasteiger partial charge < -0.3 is 0 Å². The molecule has 1 aliphatic rings. The number of rotatable bonds is 8. The Balaban J connectivity index is 1.56. The molecular weight excluding hydrogens is 416 g/mol. The zero-order chi connectivity index (χ0) is 20.5. The number of aromatic nitrogens is 6. The maximum atomic E-state index is 13.6. The van der Waals surface area contributed by atoms with E-state index in [4.69, 9.17) is 4.98 Å². The zero-order valence-corrected chi connectivity index (χ0v) is 18.3. The van der Waals surface area contributed by atoms with Gasteiger partial charge in [0.15, 0.2) is 11.0 Å². The van der Waals surface area contributed by atoms with Gasteiger partial charge in [-0.2, -0.15) is 0 Å². The van der Waals surface area contributed by atoms with Crippen molar-refractivity contribution < 1.29 is 0 Å². The molecule has 30 heavy (non-hydrogen) atoms. The Morgan fingerprint density at radius 2 is 2.07 bits per heavy atom. The Bertz CT molecular complexity index is 1230. The largest absolute Gasteiger partial charge is 0.268 e. The topological polar surface area (TPSA) is 78.5 Å². The lowest BCUT2D eigenvalue weighted by Gasteiger charge is -2.12. The van der Waals surface area contributed by atoms with Crippen LogP contribution in [0.3, 0.4) is 0 Å². The van der Waals surface area contributed by atoms with Gasteiger partial charge in [0.1, 0.15) is 4.83 Å². The Labute approximate surface area is 182 Å². The minimum atomic E-state index is 0.0161. The average molecular weight is 439 g/mol. The first-order valence-corrected chi connectivity index (χ1v) is 12.1. The summed E-state index contributed by atoms with van der Waals surface area (Å²) in [6.45, 7) is 2.94. The summed E-state index contributed by atoms with van der Waals surface area (Å²) in [5.74, 6) is 1.87. The van der Waals surface area contributed by atoms with Crippen LogP contribution in [0.5, 0.6) is 0 Å². The number of tetrazole rings is 1. The monoisotopic (exact) mass is 438 g/mol. The predicted molar refractivity (Wildman–Crippen MR) is 119 cm³/mol. The third-order valence-electron chi connectivity index (χ3n) is 5.30. The second kappa shape index (κ2) is 8.31. The molecule has 3 heterocycles. The van der Waals surface area contributed by atoms with Gasteiger partial charge in [-0.15, -0.1) is 16.4 Å². The van der Waals surface area contributed by atoms with E-state index in [2.05, 4.69) is 27.8 Å². The van der Waals surface area contributed by atoms with Crippen molar-refractivity contribution in [3.63, 3.8) is 0 Å². The van der Waals surface area contributed by atoms with E-state index in [1.807, 2.05) is 35.0 Å². The minimum Gasteiger partial charge on any atom is -0.268 e. The first-order valence-electron chi connectivity index (χ1n) is 10.2. The molecule has 7 nitrogen and oxygen atoms in total. The molecule has 5 rings (SSSR count). The van der Waals surface area contributed by atoms with Crippen LogP contribution in [0.25, 0.3) is 15.9 Å². The van der Waals surface area contributed by atoms with E-state index in [-0.39, 0.29) is 5.56 Å². The summed E-state index contributed by atoms with van der Waals surface area (Å²) in [6.07, 6.45) is 4.43. The molecule has 154 valence electrons. The Kier molecular flexibility index (Phi) is 5.39. The quantitative estimate of drug-likeness (QED) is 0.300. The summed E-state index contributed by atoms with van der Waals surface area (Å²) in [6, 6.07) is 9.75. The SMILES string of the molecule is CCCCn1nnnc1CSc1nc2scc(C3CC3)c2c(=O)n1-c1ccccc1. The van der Waals surface area contributed by atoms with E-state index in [1.54, 1.807) is 15.9 Å². The van der Waals surface area contributed by atoms with Crippen LogP contribution in [0.15, 0.2) is 45.7 Å². The number of hydrogen-bond acceptors (Lipinski definition) is 7. The second-order valence-electron chi connectivity index (χ2n) is 7.48. The van der Waals surface area contributed by atoms with Crippen LogP contribution in [0, 0.1) is 0 Å². The first kappa shape index (κ1) is 19.4. The van der Waals surface area contributed by atoms with Crippen LogP contribution in [-0.2, 0) is 12.3 Å². The molecular formula is C21H22N6OS2. The summed E-state index contributed by atoms with van der Waals surface area (Å²) in [4.78, 5) is 19.3. The molecule has 1 aromatic carbocycles. The summed E-state index contributed by atoms with van der Waals surface area (Å²) >= 11 is 3.07. The number of nitrogens with zero attached hydrogens (tertiary/aromatic N) is 6. The highest BCUT2D eigenvalue weighted by molar-refractivity contribution is 7.98. The van der Waals surface area contributed by atoms with E-state index in [1.165, 1.54) is 11.8 Å². The third-order valence-corrected chi connectivity index (χ3v) is 7.12. The fourth-order valence-corrected chi connectivity index (χ4v) is 5.53. The molecule has 0 amide bonds. The number of fused-ring (bicyclic) bond motifs is 1. The van der Waals surface area contributed by atoms with Gasteiger partial charge in [-0.1, -0.05) is 43.3 Å². The molecule has 0 N–H and O–H groups in total. The highest BCUT2D eigenvalue weighted by Crippen LogP contribution is 2.44. The highest BCUT2D eigenvalue weighted by atomic mass is 32.2. The molecule has 1 aliphatic carbocycles. The first-order chi connectivity index (χ1) is 14.8. The van der Waals surface area contributed by atoms with E-state index in [0.29, 0.717) is 16.8 Å². The van der Waals surface area contributed by atoms with Gasteiger partial charge in [0.25, 0.3) is 5.56 Å². The lowest BCUT2D eigenvalue weighted by molar-refractivity contribution is 0.540. The van der Waals surface area contributed by atoms with Crippen molar-refractivity contribution in [2.75, 3.05) is 0 Å². The molecule has 0 bridgehead atoms. The molecule has 1 fully saturated rings. The molecule has 0 unspecified atom stereocenters. The number of aryl methyl sites for hydroxylation is 1. The zero-order valence-electron chi connectivity index (χ0n) is 16.7. The number of thiophene rings is 1. The minimum absolute atomic E-state index is 0.0161. The molecule has 1 saturated carbocycles. The normalized spacial score (nSPS) is 13.9. The van der Waals surface area contributed by atoms with Crippen molar-refractivity contribution in [3.05, 3.63) is 57.5 Å². The fraction of sp³-hybridized carbons (Fsp3) is 0.381. The summed E-state index contributed by atoms with van der Waals surface area (Å²) in [5.41, 5.74) is 2.01. The maximum absolute atomic E-state index is 13.6. The van der Waals surface area contributed by atoms with Gasteiger partial charge in [0.2, 0.25) is 0 Å². The van der Waals surface area contributed by atoms with E-state index in [0.717, 1.165) is 59.5 Å². The molecule has 0 atom stereocenters. The van der Waals surface area contributed by atoms with Crippen molar-refractivity contribution in [2.45, 2.75) is 56.0 Å². The lowest BCUT2D eigenvalue weighted by Crippen LogP contribution is -2.22. The highest BCUT2D eigenvalue weighted by Gasteiger charge is 2.29. The summed E-state index contributed by atoms with van der Waals surface area (Å²) in [5, 5.41) is 15.7. The van der Waals surface area contributed by atoms with Crippen LogP contribution in [-0.4, -0.2) is 29.8 Å². The van der Waals surface area contributed by atoms with Crippen molar-refractivity contribution in [1.82, 2.24) is 29.8 Å². The van der Waals surface area contributed by atoms with E-state index < -0.39 is 0 Å². The van der Waals surface area contributed by atoms with Gasteiger partial charge in [-0.3, -0.25) is 9.36 Å². The van der Waals surface area contributed by atoms with Crippen LogP contribution in [0.1, 0.15) is 49.9 Å². The van der Waals surface area contributed by atoms with E-state index in [9.17, 15) is 4.79 Å². The molecule has 0 saturated heterocycles. The van der Waals surface area contributed by atoms with Gasteiger partial charge in [0.05, 0.1) is 16.8 Å². The van der Waals surface area contributed by atoms with Crippen molar-refractivity contribution in [3.8, 4) is 5.69 Å². The lowest BCUT2D eigenvalue weighted by atomic mass is 10.1. The smallest absolute Gasteiger partial charge is 0.267 e. The third kappa shape index (κ3) is 3.67. The Morgan fingerprint density at radius 3 is 2.83 bits per heavy atom. The van der Waals surface area contributed by atoms with E-state index >= 15 is 0 Å². The number of benzene rings is 1.